The van der Waals surface area contributed by atoms with Gasteiger partial charge in [0.2, 0.25) is 5.13 Å². The van der Waals surface area contributed by atoms with E-state index >= 15 is 0 Å². The van der Waals surface area contributed by atoms with Crippen LogP contribution in [0.4, 0.5) is 5.13 Å². The Morgan fingerprint density at radius 3 is 3.06 bits per heavy atom. The van der Waals surface area contributed by atoms with Gasteiger partial charge in [-0.3, -0.25) is 4.79 Å². The minimum absolute atomic E-state index is 0.00543. The molecule has 18 heavy (non-hydrogen) atoms. The maximum Gasteiger partial charge on any atom is 0.306 e. The summed E-state index contributed by atoms with van der Waals surface area (Å²) in [6.07, 6.45) is 0.420. The van der Waals surface area contributed by atoms with E-state index in [1.165, 1.54) is 11.3 Å². The molecular weight excluding hydrogens is 272 g/mol. The topological polar surface area (TPSA) is 104 Å². The van der Waals surface area contributed by atoms with Gasteiger partial charge in [-0.05, 0) is 6.92 Å². The van der Waals surface area contributed by atoms with Gasteiger partial charge in [-0.15, -0.1) is 11.3 Å². The molecule has 8 heteroatoms. The lowest BCUT2D eigenvalue weighted by atomic mass is 10.5. The molecule has 1 aromatic heterocycles. The minimum atomic E-state index is -0.163. The Kier molecular flexibility index (Phi) is 6.51. The van der Waals surface area contributed by atoms with Crippen molar-refractivity contribution in [1.29, 1.82) is 0 Å². The summed E-state index contributed by atoms with van der Waals surface area (Å²) in [6, 6.07) is 0. The Morgan fingerprint density at radius 1 is 1.61 bits per heavy atom. The molecule has 4 N–H and O–H groups in total. The van der Waals surface area contributed by atoms with E-state index in [1.54, 1.807) is 18.7 Å². The molecule has 1 rings (SSSR count). The Labute approximate surface area is 114 Å². The highest BCUT2D eigenvalue weighted by atomic mass is 32.2. The average molecular weight is 288 g/mol. The summed E-state index contributed by atoms with van der Waals surface area (Å²) in [6.45, 7) is 2.23. The Morgan fingerprint density at radius 2 is 2.39 bits per heavy atom. The van der Waals surface area contributed by atoms with Crippen LogP contribution in [0.3, 0.4) is 0 Å². The van der Waals surface area contributed by atoms with E-state index in [0.29, 0.717) is 23.9 Å². The highest BCUT2D eigenvalue weighted by Crippen LogP contribution is 2.21. The molecule has 0 saturated heterocycles. The molecule has 0 atom stereocenters. The first-order valence-electron chi connectivity index (χ1n) is 5.39. The lowest BCUT2D eigenvalue weighted by molar-refractivity contribution is -0.142. The van der Waals surface area contributed by atoms with Gasteiger partial charge in [-0.25, -0.2) is 4.98 Å². The van der Waals surface area contributed by atoms with Crippen molar-refractivity contribution in [1.82, 2.24) is 4.98 Å². The Hall–Kier alpha value is -1.28. The molecule has 0 spiro atoms. The second kappa shape index (κ2) is 7.93. The van der Waals surface area contributed by atoms with Gasteiger partial charge in [-0.1, -0.05) is 0 Å². The lowest BCUT2D eigenvalue weighted by Crippen LogP contribution is -2.21. The molecule has 0 saturated carbocycles. The first-order valence-corrected chi connectivity index (χ1v) is 7.42. The van der Waals surface area contributed by atoms with Gasteiger partial charge in [0, 0.05) is 16.9 Å². The van der Waals surface area contributed by atoms with Crippen LogP contribution in [-0.4, -0.2) is 29.3 Å². The third-order valence-corrected chi connectivity index (χ3v) is 3.55. The number of aliphatic imine (C=N–C) groups is 1. The summed E-state index contributed by atoms with van der Waals surface area (Å²) >= 11 is 3.01. The number of hydrogen-bond donors (Lipinski definition) is 2. The van der Waals surface area contributed by atoms with Gasteiger partial charge in [0.05, 0.1) is 18.7 Å². The Bertz CT molecular complexity index is 416. The molecule has 0 aliphatic rings. The molecule has 1 aromatic rings. The highest BCUT2D eigenvalue weighted by molar-refractivity contribution is 7.98. The number of aromatic nitrogens is 1. The van der Waals surface area contributed by atoms with Crippen molar-refractivity contribution >= 4 is 40.2 Å². The smallest absolute Gasteiger partial charge is 0.306 e. The first kappa shape index (κ1) is 14.8. The molecule has 0 aromatic carbocycles. The molecule has 0 amide bonds. The summed E-state index contributed by atoms with van der Waals surface area (Å²) in [5, 5.41) is 2.45. The second-order valence-electron chi connectivity index (χ2n) is 3.27. The third kappa shape index (κ3) is 5.87. The number of hydrogen-bond acceptors (Lipinski definition) is 6. The number of nitrogens with zero attached hydrogens (tertiary/aromatic N) is 2. The lowest BCUT2D eigenvalue weighted by Gasteiger charge is -2.00. The van der Waals surface area contributed by atoms with Crippen LogP contribution in [0.25, 0.3) is 0 Å². The monoisotopic (exact) mass is 288 g/mol. The van der Waals surface area contributed by atoms with Crippen molar-refractivity contribution < 1.29 is 9.53 Å². The molecule has 0 fully saturated rings. The normalized spacial score (nSPS) is 10.1. The Balaban J connectivity index is 2.25. The van der Waals surface area contributed by atoms with Crippen molar-refractivity contribution in [2.24, 2.45) is 16.5 Å². The maximum atomic E-state index is 11.1. The van der Waals surface area contributed by atoms with Crippen LogP contribution in [-0.2, 0) is 15.3 Å². The number of carbonyl (C=O) groups excluding carboxylic acids is 1. The molecule has 0 aliphatic carbocycles. The van der Waals surface area contributed by atoms with E-state index in [0.717, 1.165) is 11.4 Å². The van der Waals surface area contributed by atoms with Crippen molar-refractivity contribution in [3.8, 4) is 0 Å². The first-order chi connectivity index (χ1) is 8.61. The van der Waals surface area contributed by atoms with Crippen molar-refractivity contribution in [2.45, 2.75) is 19.1 Å². The van der Waals surface area contributed by atoms with Crippen LogP contribution in [0.1, 0.15) is 19.0 Å². The van der Waals surface area contributed by atoms with E-state index in [2.05, 4.69) is 9.98 Å². The number of guanidine groups is 1. The van der Waals surface area contributed by atoms with Crippen LogP contribution in [0.15, 0.2) is 10.4 Å². The van der Waals surface area contributed by atoms with Crippen LogP contribution in [0, 0.1) is 0 Å². The number of rotatable bonds is 7. The maximum absolute atomic E-state index is 11.1. The zero-order valence-corrected chi connectivity index (χ0v) is 11.7. The van der Waals surface area contributed by atoms with Gasteiger partial charge >= 0.3 is 5.97 Å². The highest BCUT2D eigenvalue weighted by Gasteiger charge is 2.04. The second-order valence-corrected chi connectivity index (χ2v) is 5.21. The van der Waals surface area contributed by atoms with Crippen LogP contribution >= 0.6 is 23.1 Å². The summed E-state index contributed by atoms with van der Waals surface area (Å²) in [5.41, 5.74) is 11.4. The molecule has 0 radical (unpaired) electrons. The zero-order chi connectivity index (χ0) is 13.4. The molecule has 1 heterocycles. The molecule has 0 bridgehead atoms. The summed E-state index contributed by atoms with van der Waals surface area (Å²) in [5.74, 6) is 1.29. The van der Waals surface area contributed by atoms with Gasteiger partial charge in [-0.2, -0.15) is 16.8 Å². The standard InChI is InChI=1S/C10H16N4O2S2/c1-2-16-8(15)3-4-17-5-7-6-18-10(13-7)14-9(11)12/h6H,2-5H2,1H3,(H4,11,12,13,14). The molecule has 0 unspecified atom stereocenters. The van der Waals surface area contributed by atoms with Crippen molar-refractivity contribution in [2.75, 3.05) is 12.4 Å². The fourth-order valence-electron chi connectivity index (χ4n) is 1.09. The molecule has 100 valence electrons. The van der Waals surface area contributed by atoms with Crippen LogP contribution in [0.2, 0.25) is 0 Å². The van der Waals surface area contributed by atoms with Gasteiger partial charge in [0.25, 0.3) is 0 Å². The quantitative estimate of drug-likeness (QED) is 0.338. The van der Waals surface area contributed by atoms with Gasteiger partial charge in [0.15, 0.2) is 5.96 Å². The van der Waals surface area contributed by atoms with Crippen LogP contribution in [0.5, 0.6) is 0 Å². The molecule has 6 nitrogen and oxygen atoms in total. The number of thiazole rings is 1. The number of carbonyl (C=O) groups is 1. The summed E-state index contributed by atoms with van der Waals surface area (Å²) in [4.78, 5) is 19.2. The van der Waals surface area contributed by atoms with E-state index in [4.69, 9.17) is 16.2 Å². The zero-order valence-electron chi connectivity index (χ0n) is 10.1. The molecule has 0 aliphatic heterocycles. The average Bonchev–Trinajstić information content (AvgIpc) is 2.71. The van der Waals surface area contributed by atoms with E-state index in [9.17, 15) is 4.79 Å². The molecular formula is C10H16N4O2S2. The van der Waals surface area contributed by atoms with Crippen LogP contribution < -0.4 is 11.5 Å². The number of ether oxygens (including phenoxy) is 1. The number of thioether (sulfide) groups is 1. The summed E-state index contributed by atoms with van der Waals surface area (Å²) in [7, 11) is 0. The third-order valence-electron chi connectivity index (χ3n) is 1.77. The predicted molar refractivity (Wildman–Crippen MR) is 75.0 cm³/mol. The van der Waals surface area contributed by atoms with Gasteiger partial charge in [0.1, 0.15) is 0 Å². The van der Waals surface area contributed by atoms with Crippen molar-refractivity contribution in [3.05, 3.63) is 11.1 Å². The fourth-order valence-corrected chi connectivity index (χ4v) is 2.71. The van der Waals surface area contributed by atoms with E-state index in [-0.39, 0.29) is 11.9 Å². The number of esters is 1. The van der Waals surface area contributed by atoms with E-state index < -0.39 is 0 Å². The minimum Gasteiger partial charge on any atom is -0.466 e. The van der Waals surface area contributed by atoms with Crippen molar-refractivity contribution in [3.63, 3.8) is 0 Å². The van der Waals surface area contributed by atoms with E-state index in [1.807, 2.05) is 5.38 Å². The predicted octanol–water partition coefficient (Wildman–Crippen LogP) is 1.23. The summed E-state index contributed by atoms with van der Waals surface area (Å²) < 4.78 is 4.83. The largest absolute Gasteiger partial charge is 0.466 e. The fraction of sp³-hybridized carbons (Fsp3) is 0.500. The van der Waals surface area contributed by atoms with Gasteiger partial charge < -0.3 is 16.2 Å². The SMILES string of the molecule is CCOC(=O)CCSCc1csc(N=C(N)N)n1. The number of nitrogens with two attached hydrogens (primary N) is 2.